The quantitative estimate of drug-likeness (QED) is 0.730. The number of hydrogen-bond acceptors (Lipinski definition) is 3. The minimum Gasteiger partial charge on any atom is -0.385 e. The summed E-state index contributed by atoms with van der Waals surface area (Å²) in [5.41, 5.74) is 6.70. The van der Waals surface area contributed by atoms with Gasteiger partial charge in [-0.25, -0.2) is 0 Å². The molecule has 1 aromatic rings. The van der Waals surface area contributed by atoms with E-state index >= 15 is 0 Å². The Bertz CT molecular complexity index is 271. The van der Waals surface area contributed by atoms with Crippen LogP contribution in [-0.4, -0.2) is 19.3 Å². The van der Waals surface area contributed by atoms with Gasteiger partial charge < -0.3 is 11.1 Å². The maximum absolute atomic E-state index is 5.51. The lowest BCUT2D eigenvalue weighted by Gasteiger charge is -2.12. The van der Waals surface area contributed by atoms with Gasteiger partial charge in [-0.05, 0) is 49.4 Å². The minimum atomic E-state index is 0.634. The summed E-state index contributed by atoms with van der Waals surface area (Å²) in [6, 6.07) is 8.53. The van der Waals surface area contributed by atoms with E-state index in [-0.39, 0.29) is 0 Å². The Morgan fingerprint density at radius 2 is 2.00 bits per heavy atom. The molecule has 0 spiro atoms. The van der Waals surface area contributed by atoms with Gasteiger partial charge in [-0.1, -0.05) is 6.92 Å². The summed E-state index contributed by atoms with van der Waals surface area (Å²) in [6.45, 7) is 3.99. The van der Waals surface area contributed by atoms with E-state index in [1.807, 2.05) is 0 Å². The maximum Gasteiger partial charge on any atom is 0.0341 e. The van der Waals surface area contributed by atoms with E-state index in [1.54, 1.807) is 11.8 Å². The van der Waals surface area contributed by atoms with Crippen LogP contribution in [-0.2, 0) is 0 Å². The highest BCUT2D eigenvalue weighted by atomic mass is 32.2. The molecule has 84 valence electrons. The number of rotatable bonds is 6. The van der Waals surface area contributed by atoms with Crippen molar-refractivity contribution < 1.29 is 0 Å². The molecule has 15 heavy (non-hydrogen) atoms. The van der Waals surface area contributed by atoms with E-state index < -0.39 is 0 Å². The number of hydrogen-bond donors (Lipinski definition) is 2. The van der Waals surface area contributed by atoms with Crippen LogP contribution in [0.1, 0.15) is 13.3 Å². The Hall–Kier alpha value is -0.670. The average molecular weight is 224 g/mol. The summed E-state index contributed by atoms with van der Waals surface area (Å²) in [5, 5.41) is 3.42. The summed E-state index contributed by atoms with van der Waals surface area (Å²) in [4.78, 5) is 1.30. The fourth-order valence-corrected chi connectivity index (χ4v) is 1.80. The standard InChI is InChI=1S/C12H20N2S/c1-10(7-8-13)9-14-11-3-5-12(15-2)6-4-11/h3-6,10,14H,7-9,13H2,1-2H3. The van der Waals surface area contributed by atoms with Gasteiger partial charge in [0.15, 0.2) is 0 Å². The second-order valence-corrected chi connectivity index (χ2v) is 4.67. The van der Waals surface area contributed by atoms with Crippen LogP contribution in [0.2, 0.25) is 0 Å². The van der Waals surface area contributed by atoms with Crippen LogP contribution in [0.5, 0.6) is 0 Å². The molecule has 0 fully saturated rings. The second kappa shape index (κ2) is 6.75. The number of nitrogens with one attached hydrogen (secondary N) is 1. The molecule has 1 atom stereocenters. The normalized spacial score (nSPS) is 12.5. The fourth-order valence-electron chi connectivity index (χ4n) is 1.39. The molecule has 0 amide bonds. The Morgan fingerprint density at radius 3 is 2.53 bits per heavy atom. The van der Waals surface area contributed by atoms with Crippen molar-refractivity contribution in [2.24, 2.45) is 11.7 Å². The zero-order chi connectivity index (χ0) is 11.1. The molecule has 0 aliphatic carbocycles. The van der Waals surface area contributed by atoms with Crippen LogP contribution in [0.15, 0.2) is 29.2 Å². The monoisotopic (exact) mass is 224 g/mol. The third kappa shape index (κ3) is 4.58. The highest BCUT2D eigenvalue weighted by Gasteiger charge is 2.00. The van der Waals surface area contributed by atoms with Crippen molar-refractivity contribution >= 4 is 17.4 Å². The first-order chi connectivity index (χ1) is 7.26. The van der Waals surface area contributed by atoms with E-state index in [0.717, 1.165) is 19.5 Å². The first-order valence-electron chi connectivity index (χ1n) is 5.34. The SMILES string of the molecule is CSc1ccc(NCC(C)CCN)cc1. The summed E-state index contributed by atoms with van der Waals surface area (Å²) in [5.74, 6) is 0.634. The minimum absolute atomic E-state index is 0.634. The van der Waals surface area contributed by atoms with Crippen molar-refractivity contribution in [3.63, 3.8) is 0 Å². The summed E-state index contributed by atoms with van der Waals surface area (Å²) >= 11 is 1.77. The second-order valence-electron chi connectivity index (χ2n) is 3.79. The van der Waals surface area contributed by atoms with Crippen molar-refractivity contribution in [2.75, 3.05) is 24.7 Å². The molecule has 0 aliphatic heterocycles. The summed E-state index contributed by atoms with van der Waals surface area (Å²) in [7, 11) is 0. The van der Waals surface area contributed by atoms with Crippen LogP contribution in [0.4, 0.5) is 5.69 Å². The molecule has 3 N–H and O–H groups in total. The molecule has 2 nitrogen and oxygen atoms in total. The smallest absolute Gasteiger partial charge is 0.0341 e. The summed E-state index contributed by atoms with van der Waals surface area (Å²) < 4.78 is 0. The third-order valence-corrected chi connectivity index (χ3v) is 3.15. The molecule has 0 aliphatic rings. The van der Waals surface area contributed by atoms with Gasteiger partial charge in [-0.15, -0.1) is 11.8 Å². The molecule has 0 radical (unpaired) electrons. The lowest BCUT2D eigenvalue weighted by molar-refractivity contribution is 0.568. The van der Waals surface area contributed by atoms with Crippen molar-refractivity contribution in [3.05, 3.63) is 24.3 Å². The molecule has 3 heteroatoms. The molecule has 1 unspecified atom stereocenters. The highest BCUT2D eigenvalue weighted by molar-refractivity contribution is 7.98. The van der Waals surface area contributed by atoms with Gasteiger partial charge in [-0.3, -0.25) is 0 Å². The van der Waals surface area contributed by atoms with Crippen molar-refractivity contribution in [2.45, 2.75) is 18.2 Å². The number of thioether (sulfide) groups is 1. The molecule has 0 aromatic heterocycles. The molecule has 1 rings (SSSR count). The van der Waals surface area contributed by atoms with Gasteiger partial charge in [0.2, 0.25) is 0 Å². The zero-order valence-electron chi connectivity index (χ0n) is 9.49. The predicted molar refractivity (Wildman–Crippen MR) is 69.5 cm³/mol. The van der Waals surface area contributed by atoms with Crippen LogP contribution in [0, 0.1) is 5.92 Å². The molecule has 0 bridgehead atoms. The predicted octanol–water partition coefficient (Wildman–Crippen LogP) is 2.81. The van der Waals surface area contributed by atoms with Gasteiger partial charge in [-0.2, -0.15) is 0 Å². The van der Waals surface area contributed by atoms with Crippen LogP contribution < -0.4 is 11.1 Å². The Morgan fingerprint density at radius 1 is 1.33 bits per heavy atom. The number of anilines is 1. The first kappa shape index (κ1) is 12.4. The third-order valence-electron chi connectivity index (χ3n) is 2.40. The van der Waals surface area contributed by atoms with Gasteiger partial charge >= 0.3 is 0 Å². The van der Waals surface area contributed by atoms with E-state index in [1.165, 1.54) is 10.6 Å². The van der Waals surface area contributed by atoms with E-state index in [4.69, 9.17) is 5.73 Å². The largest absolute Gasteiger partial charge is 0.385 e. The Kier molecular flexibility index (Phi) is 5.58. The molecule has 0 saturated heterocycles. The van der Waals surface area contributed by atoms with Gasteiger partial charge in [0.25, 0.3) is 0 Å². The number of benzene rings is 1. The maximum atomic E-state index is 5.51. The molecular weight excluding hydrogens is 204 g/mol. The van der Waals surface area contributed by atoms with E-state index in [9.17, 15) is 0 Å². The number of nitrogens with two attached hydrogens (primary N) is 1. The van der Waals surface area contributed by atoms with Gasteiger partial charge in [0.05, 0.1) is 0 Å². The van der Waals surface area contributed by atoms with Crippen molar-refractivity contribution in [1.82, 2.24) is 0 Å². The zero-order valence-corrected chi connectivity index (χ0v) is 10.3. The molecule has 0 saturated carbocycles. The van der Waals surface area contributed by atoms with Crippen molar-refractivity contribution in [3.8, 4) is 0 Å². The van der Waals surface area contributed by atoms with Crippen molar-refractivity contribution in [1.29, 1.82) is 0 Å². The fraction of sp³-hybridized carbons (Fsp3) is 0.500. The Labute approximate surface area is 96.6 Å². The Balaban J connectivity index is 2.37. The molecular formula is C12H20N2S. The van der Waals surface area contributed by atoms with Crippen LogP contribution in [0.3, 0.4) is 0 Å². The van der Waals surface area contributed by atoms with Crippen LogP contribution >= 0.6 is 11.8 Å². The van der Waals surface area contributed by atoms with E-state index in [0.29, 0.717) is 5.92 Å². The lowest BCUT2D eigenvalue weighted by Crippen LogP contribution is -2.15. The first-order valence-corrected chi connectivity index (χ1v) is 6.56. The van der Waals surface area contributed by atoms with Gasteiger partial charge in [0, 0.05) is 17.1 Å². The molecule has 0 heterocycles. The highest BCUT2D eigenvalue weighted by Crippen LogP contribution is 2.17. The summed E-state index contributed by atoms with van der Waals surface area (Å²) in [6.07, 6.45) is 3.17. The topological polar surface area (TPSA) is 38.0 Å². The van der Waals surface area contributed by atoms with E-state index in [2.05, 4.69) is 42.8 Å². The van der Waals surface area contributed by atoms with Gasteiger partial charge in [0.1, 0.15) is 0 Å². The van der Waals surface area contributed by atoms with Crippen LogP contribution in [0.25, 0.3) is 0 Å². The average Bonchev–Trinajstić information content (AvgIpc) is 2.27. The molecule has 1 aromatic carbocycles. The lowest BCUT2D eigenvalue weighted by atomic mass is 10.1.